The second-order valence-electron chi connectivity index (χ2n) is 6.12. The molecule has 0 bridgehead atoms. The number of nitrogens with one attached hydrogen (secondary N) is 1. The zero-order chi connectivity index (χ0) is 17.4. The number of amides is 1. The van der Waals surface area contributed by atoms with E-state index >= 15 is 0 Å². The van der Waals surface area contributed by atoms with Gasteiger partial charge in [-0.15, -0.1) is 0 Å². The molecule has 0 heterocycles. The van der Waals surface area contributed by atoms with Crippen LogP contribution in [0.5, 0.6) is 5.75 Å². The molecule has 0 aliphatic rings. The van der Waals surface area contributed by atoms with Gasteiger partial charge >= 0.3 is 0 Å². The van der Waals surface area contributed by atoms with Crippen molar-refractivity contribution in [3.8, 4) is 5.75 Å². The predicted molar refractivity (Wildman–Crippen MR) is 100 cm³/mol. The first-order valence-electron chi connectivity index (χ1n) is 8.37. The van der Waals surface area contributed by atoms with Gasteiger partial charge in [0.1, 0.15) is 5.75 Å². The maximum absolute atomic E-state index is 12.0. The molecular formula is C21H25NO2. The molecule has 1 N–H and O–H groups in total. The highest BCUT2D eigenvalue weighted by atomic mass is 16.5. The first-order chi connectivity index (χ1) is 11.6. The summed E-state index contributed by atoms with van der Waals surface area (Å²) < 4.78 is 5.38. The van der Waals surface area contributed by atoms with E-state index in [4.69, 9.17) is 4.74 Å². The van der Waals surface area contributed by atoms with Gasteiger partial charge in [-0.3, -0.25) is 4.79 Å². The van der Waals surface area contributed by atoms with Gasteiger partial charge in [0.25, 0.3) is 0 Å². The molecule has 0 saturated carbocycles. The molecule has 0 aliphatic carbocycles. The fourth-order valence-electron chi connectivity index (χ4n) is 2.39. The lowest BCUT2D eigenvalue weighted by Crippen LogP contribution is -2.07. The van der Waals surface area contributed by atoms with Crippen LogP contribution in [0, 0.1) is 5.92 Å². The van der Waals surface area contributed by atoms with Crippen molar-refractivity contribution in [1.29, 1.82) is 0 Å². The Labute approximate surface area is 144 Å². The normalized spacial score (nSPS) is 11.0. The Balaban J connectivity index is 1.90. The topological polar surface area (TPSA) is 38.3 Å². The van der Waals surface area contributed by atoms with E-state index in [0.717, 1.165) is 23.4 Å². The van der Waals surface area contributed by atoms with Gasteiger partial charge in [0.2, 0.25) is 5.91 Å². The highest BCUT2D eigenvalue weighted by Crippen LogP contribution is 2.16. The third-order valence-electron chi connectivity index (χ3n) is 3.48. The Hall–Kier alpha value is -2.55. The molecule has 24 heavy (non-hydrogen) atoms. The molecule has 1 amide bonds. The van der Waals surface area contributed by atoms with Crippen LogP contribution in [-0.4, -0.2) is 12.5 Å². The lowest BCUT2D eigenvalue weighted by Gasteiger charge is -2.06. The monoisotopic (exact) mass is 323 g/mol. The fourth-order valence-corrected chi connectivity index (χ4v) is 2.39. The summed E-state index contributed by atoms with van der Waals surface area (Å²) in [6.07, 6.45) is 4.44. The van der Waals surface area contributed by atoms with Crippen molar-refractivity contribution >= 4 is 17.7 Å². The van der Waals surface area contributed by atoms with Crippen molar-refractivity contribution < 1.29 is 9.53 Å². The van der Waals surface area contributed by atoms with E-state index in [1.54, 1.807) is 6.08 Å². The Bertz CT molecular complexity index is 670. The largest absolute Gasteiger partial charge is 0.494 e. The number of benzene rings is 2. The van der Waals surface area contributed by atoms with Crippen LogP contribution in [0.3, 0.4) is 0 Å². The number of hydrogen-bond donors (Lipinski definition) is 1. The molecule has 126 valence electrons. The average molecular weight is 323 g/mol. The fraction of sp³-hybridized carbons (Fsp3) is 0.286. The molecule has 0 saturated heterocycles. The number of rotatable bonds is 7. The molecule has 2 aromatic rings. The maximum atomic E-state index is 12.0. The third kappa shape index (κ3) is 5.92. The molecule has 0 atom stereocenters. The summed E-state index contributed by atoms with van der Waals surface area (Å²) in [5.41, 5.74) is 3.09. The maximum Gasteiger partial charge on any atom is 0.248 e. The number of carbonyl (C=O) groups is 1. The molecule has 3 heteroatoms. The third-order valence-corrected chi connectivity index (χ3v) is 3.48. The number of carbonyl (C=O) groups excluding carboxylic acids is 1. The molecule has 0 radical (unpaired) electrons. The highest BCUT2D eigenvalue weighted by molar-refractivity contribution is 6.01. The van der Waals surface area contributed by atoms with Crippen molar-refractivity contribution in [2.75, 3.05) is 11.9 Å². The van der Waals surface area contributed by atoms with Gasteiger partial charge in [-0.1, -0.05) is 38.1 Å². The minimum Gasteiger partial charge on any atom is -0.494 e. The summed E-state index contributed by atoms with van der Waals surface area (Å²) >= 11 is 0. The minimum atomic E-state index is -0.148. The predicted octanol–water partition coefficient (Wildman–Crippen LogP) is 4.94. The van der Waals surface area contributed by atoms with E-state index in [0.29, 0.717) is 12.5 Å². The second kappa shape index (κ2) is 8.92. The van der Waals surface area contributed by atoms with Crippen molar-refractivity contribution in [3.05, 3.63) is 65.7 Å². The van der Waals surface area contributed by atoms with Crippen molar-refractivity contribution in [3.63, 3.8) is 0 Å². The van der Waals surface area contributed by atoms with Gasteiger partial charge in [-0.25, -0.2) is 0 Å². The summed E-state index contributed by atoms with van der Waals surface area (Å²) in [5.74, 6) is 1.30. The van der Waals surface area contributed by atoms with E-state index in [-0.39, 0.29) is 5.91 Å². The lowest BCUT2D eigenvalue weighted by molar-refractivity contribution is -0.111. The average Bonchev–Trinajstić information content (AvgIpc) is 2.56. The SMILES string of the molecule is CCOc1ccc(NC(=O)/C=C/c2ccc(CC(C)C)cc2)cc1. The number of ether oxygens (including phenoxy) is 1. The second-order valence-corrected chi connectivity index (χ2v) is 6.12. The first-order valence-corrected chi connectivity index (χ1v) is 8.37. The van der Waals surface area contributed by atoms with Gasteiger partial charge in [-0.05, 0) is 60.7 Å². The molecular weight excluding hydrogens is 298 g/mol. The van der Waals surface area contributed by atoms with E-state index in [1.807, 2.05) is 49.4 Å². The van der Waals surface area contributed by atoms with Gasteiger partial charge in [0.15, 0.2) is 0 Å². The smallest absolute Gasteiger partial charge is 0.248 e. The van der Waals surface area contributed by atoms with Crippen LogP contribution in [0.4, 0.5) is 5.69 Å². The minimum absolute atomic E-state index is 0.148. The lowest BCUT2D eigenvalue weighted by atomic mass is 10.0. The summed E-state index contributed by atoms with van der Waals surface area (Å²) in [4.78, 5) is 12.0. The van der Waals surface area contributed by atoms with Gasteiger partial charge in [0.05, 0.1) is 6.61 Å². The van der Waals surface area contributed by atoms with Crippen LogP contribution in [0.15, 0.2) is 54.6 Å². The van der Waals surface area contributed by atoms with E-state index in [1.165, 1.54) is 5.56 Å². The van der Waals surface area contributed by atoms with Crippen LogP contribution in [-0.2, 0) is 11.2 Å². The Kier molecular flexibility index (Phi) is 6.62. The summed E-state index contributed by atoms with van der Waals surface area (Å²) in [6, 6.07) is 15.7. The number of anilines is 1. The van der Waals surface area contributed by atoms with Gasteiger partial charge in [-0.2, -0.15) is 0 Å². The van der Waals surface area contributed by atoms with Crippen LogP contribution < -0.4 is 10.1 Å². The Morgan fingerprint density at radius 2 is 1.75 bits per heavy atom. The van der Waals surface area contributed by atoms with Gasteiger partial charge in [0, 0.05) is 11.8 Å². The van der Waals surface area contributed by atoms with Crippen molar-refractivity contribution in [2.24, 2.45) is 5.92 Å². The molecule has 0 fully saturated rings. The first kappa shape index (κ1) is 17.8. The Morgan fingerprint density at radius 3 is 2.33 bits per heavy atom. The van der Waals surface area contributed by atoms with Crippen LogP contribution in [0.2, 0.25) is 0 Å². The van der Waals surface area contributed by atoms with Crippen molar-refractivity contribution in [2.45, 2.75) is 27.2 Å². The summed E-state index contributed by atoms with van der Waals surface area (Å²) in [7, 11) is 0. The highest BCUT2D eigenvalue weighted by Gasteiger charge is 2.00. The van der Waals surface area contributed by atoms with Crippen LogP contribution >= 0.6 is 0 Å². The van der Waals surface area contributed by atoms with Crippen molar-refractivity contribution in [1.82, 2.24) is 0 Å². The zero-order valence-corrected chi connectivity index (χ0v) is 14.6. The van der Waals surface area contributed by atoms with E-state index in [9.17, 15) is 4.79 Å². The quantitative estimate of drug-likeness (QED) is 0.733. The molecule has 2 aromatic carbocycles. The zero-order valence-electron chi connectivity index (χ0n) is 14.6. The van der Waals surface area contributed by atoms with E-state index in [2.05, 4.69) is 31.3 Å². The van der Waals surface area contributed by atoms with Crippen LogP contribution in [0.25, 0.3) is 6.08 Å². The van der Waals surface area contributed by atoms with Crippen LogP contribution in [0.1, 0.15) is 31.9 Å². The molecule has 0 spiro atoms. The molecule has 2 rings (SSSR count). The number of hydrogen-bond acceptors (Lipinski definition) is 2. The molecule has 0 aliphatic heterocycles. The molecule has 0 unspecified atom stereocenters. The summed E-state index contributed by atoms with van der Waals surface area (Å²) in [5, 5.41) is 2.84. The van der Waals surface area contributed by atoms with E-state index < -0.39 is 0 Å². The Morgan fingerprint density at radius 1 is 1.08 bits per heavy atom. The summed E-state index contributed by atoms with van der Waals surface area (Å²) in [6.45, 7) is 6.98. The van der Waals surface area contributed by atoms with Gasteiger partial charge < -0.3 is 10.1 Å². The molecule has 3 nitrogen and oxygen atoms in total. The molecule has 0 aromatic heterocycles. The standard InChI is InChI=1S/C21H25NO2/c1-4-24-20-12-10-19(11-13-20)22-21(23)14-9-17-5-7-18(8-6-17)15-16(2)3/h5-14,16H,4,15H2,1-3H3,(H,22,23)/b14-9+.